The topological polar surface area (TPSA) is 71.7 Å². The number of nitrogens with zero attached hydrogens (tertiary/aromatic N) is 4. The zero-order valence-corrected chi connectivity index (χ0v) is 14.8. The number of hydrogen-bond donors (Lipinski definition) is 0. The lowest BCUT2D eigenvalue weighted by atomic mass is 10.2. The lowest BCUT2D eigenvalue weighted by molar-refractivity contribution is 0.0526. The van der Waals surface area contributed by atoms with Crippen LogP contribution in [0.4, 0.5) is 5.82 Å². The molecule has 2 aromatic rings. The number of rotatable bonds is 5. The summed E-state index contributed by atoms with van der Waals surface area (Å²) in [5.74, 6) is 2.17. The molecule has 2 aromatic heterocycles. The Bertz CT molecular complexity index is 699. The van der Waals surface area contributed by atoms with Gasteiger partial charge in [-0.3, -0.25) is 4.90 Å². The molecular formula is C18H24N4O3. The average Bonchev–Trinajstić information content (AvgIpc) is 2.88. The molecule has 1 fully saturated rings. The summed E-state index contributed by atoms with van der Waals surface area (Å²) in [6.45, 7) is 8.54. The lowest BCUT2D eigenvalue weighted by Crippen LogP contribution is -2.31. The Hall–Kier alpha value is -2.41. The number of esters is 1. The molecule has 0 bridgehead atoms. The zero-order valence-electron chi connectivity index (χ0n) is 14.8. The van der Waals surface area contributed by atoms with E-state index < -0.39 is 0 Å². The Kier molecular flexibility index (Phi) is 5.65. The van der Waals surface area contributed by atoms with E-state index in [1.54, 1.807) is 25.4 Å². The van der Waals surface area contributed by atoms with Crippen molar-refractivity contribution in [3.8, 4) is 0 Å². The molecule has 0 saturated carbocycles. The van der Waals surface area contributed by atoms with Gasteiger partial charge in [0.2, 0.25) is 5.89 Å². The zero-order chi connectivity index (χ0) is 17.6. The molecular weight excluding hydrogens is 320 g/mol. The first kappa shape index (κ1) is 17.4. The van der Waals surface area contributed by atoms with Crippen molar-refractivity contribution in [2.24, 2.45) is 0 Å². The fraction of sp³-hybridized carbons (Fsp3) is 0.500. The van der Waals surface area contributed by atoms with Gasteiger partial charge in [0.1, 0.15) is 11.6 Å². The Morgan fingerprint density at radius 2 is 2.08 bits per heavy atom. The minimum absolute atomic E-state index is 0.329. The van der Waals surface area contributed by atoms with Gasteiger partial charge in [-0.1, -0.05) is 0 Å². The van der Waals surface area contributed by atoms with Crippen LogP contribution in [0.15, 0.2) is 28.9 Å². The van der Waals surface area contributed by atoms with Crippen LogP contribution in [0.2, 0.25) is 0 Å². The summed E-state index contributed by atoms with van der Waals surface area (Å²) < 4.78 is 10.6. The van der Waals surface area contributed by atoms with E-state index in [9.17, 15) is 4.79 Å². The number of anilines is 1. The Balaban J connectivity index is 1.58. The number of hydrogen-bond acceptors (Lipinski definition) is 7. The first-order valence-corrected chi connectivity index (χ1v) is 8.67. The molecule has 7 nitrogen and oxygen atoms in total. The monoisotopic (exact) mass is 344 g/mol. The normalized spacial score (nSPS) is 15.8. The Labute approximate surface area is 147 Å². The molecule has 0 radical (unpaired) electrons. The molecule has 3 heterocycles. The quantitative estimate of drug-likeness (QED) is 0.771. The predicted octanol–water partition coefficient (Wildman–Crippen LogP) is 2.27. The summed E-state index contributed by atoms with van der Waals surface area (Å²) in [4.78, 5) is 25.0. The SMILES string of the molecule is CCOC(=O)c1ccc(N2CCCN(Cc3ncc(C)o3)CC2)nc1. The molecule has 0 aliphatic carbocycles. The second kappa shape index (κ2) is 8.11. The summed E-state index contributed by atoms with van der Waals surface area (Å²) in [6.07, 6.45) is 4.39. The molecule has 0 aromatic carbocycles. The molecule has 25 heavy (non-hydrogen) atoms. The van der Waals surface area contributed by atoms with E-state index in [0.29, 0.717) is 12.2 Å². The first-order valence-electron chi connectivity index (χ1n) is 8.67. The van der Waals surface area contributed by atoms with E-state index in [-0.39, 0.29) is 5.97 Å². The molecule has 3 rings (SSSR count). The fourth-order valence-corrected chi connectivity index (χ4v) is 2.93. The molecule has 1 saturated heterocycles. The van der Waals surface area contributed by atoms with E-state index in [1.807, 2.05) is 13.0 Å². The van der Waals surface area contributed by atoms with Crippen molar-refractivity contribution < 1.29 is 13.9 Å². The summed E-state index contributed by atoms with van der Waals surface area (Å²) in [5, 5.41) is 0. The summed E-state index contributed by atoms with van der Waals surface area (Å²) in [6, 6.07) is 3.66. The number of aryl methyl sites for hydroxylation is 1. The van der Waals surface area contributed by atoms with Crippen molar-refractivity contribution in [1.82, 2.24) is 14.9 Å². The van der Waals surface area contributed by atoms with Crippen molar-refractivity contribution in [2.75, 3.05) is 37.7 Å². The van der Waals surface area contributed by atoms with Gasteiger partial charge in [0, 0.05) is 32.4 Å². The summed E-state index contributed by atoms with van der Waals surface area (Å²) >= 11 is 0. The van der Waals surface area contributed by atoms with Crippen LogP contribution in [0.5, 0.6) is 0 Å². The van der Waals surface area contributed by atoms with Crippen LogP contribution in [0.25, 0.3) is 0 Å². The van der Waals surface area contributed by atoms with E-state index in [1.165, 1.54) is 0 Å². The van der Waals surface area contributed by atoms with Gasteiger partial charge in [0.05, 0.1) is 24.9 Å². The van der Waals surface area contributed by atoms with Crippen molar-refractivity contribution in [3.63, 3.8) is 0 Å². The van der Waals surface area contributed by atoms with Gasteiger partial charge >= 0.3 is 5.97 Å². The minimum atomic E-state index is -0.329. The summed E-state index contributed by atoms with van der Waals surface area (Å²) in [7, 11) is 0. The fourth-order valence-electron chi connectivity index (χ4n) is 2.93. The molecule has 1 aliphatic rings. The van der Waals surface area contributed by atoms with Crippen LogP contribution >= 0.6 is 0 Å². The molecule has 0 atom stereocenters. The highest BCUT2D eigenvalue weighted by atomic mass is 16.5. The predicted molar refractivity (Wildman–Crippen MR) is 93.5 cm³/mol. The maximum Gasteiger partial charge on any atom is 0.339 e. The second-order valence-corrected chi connectivity index (χ2v) is 6.11. The Morgan fingerprint density at radius 1 is 1.20 bits per heavy atom. The van der Waals surface area contributed by atoms with E-state index in [4.69, 9.17) is 9.15 Å². The van der Waals surface area contributed by atoms with Crippen LogP contribution in [0.3, 0.4) is 0 Å². The van der Waals surface area contributed by atoms with Crippen LogP contribution in [-0.2, 0) is 11.3 Å². The highest BCUT2D eigenvalue weighted by Gasteiger charge is 2.18. The van der Waals surface area contributed by atoms with Gasteiger partial charge < -0.3 is 14.1 Å². The average molecular weight is 344 g/mol. The van der Waals surface area contributed by atoms with E-state index >= 15 is 0 Å². The van der Waals surface area contributed by atoms with Gasteiger partial charge in [-0.05, 0) is 32.4 Å². The molecule has 0 unspecified atom stereocenters. The third-order valence-electron chi connectivity index (χ3n) is 4.20. The van der Waals surface area contributed by atoms with Crippen LogP contribution < -0.4 is 4.90 Å². The standard InChI is InChI=1S/C18H24N4O3/c1-3-24-18(23)15-5-6-16(19-12-15)22-8-4-7-21(9-10-22)13-17-20-11-14(2)25-17/h5-6,11-12H,3-4,7-10,13H2,1-2H3. The number of carbonyl (C=O) groups is 1. The van der Waals surface area contributed by atoms with Crippen molar-refractivity contribution >= 4 is 11.8 Å². The molecule has 134 valence electrons. The Morgan fingerprint density at radius 3 is 2.76 bits per heavy atom. The van der Waals surface area contributed by atoms with Crippen molar-refractivity contribution in [1.29, 1.82) is 0 Å². The highest BCUT2D eigenvalue weighted by molar-refractivity contribution is 5.89. The molecule has 0 amide bonds. The summed E-state index contributed by atoms with van der Waals surface area (Å²) in [5.41, 5.74) is 0.487. The maximum atomic E-state index is 11.7. The second-order valence-electron chi connectivity index (χ2n) is 6.11. The number of oxazole rings is 1. The largest absolute Gasteiger partial charge is 0.462 e. The first-order chi connectivity index (χ1) is 12.2. The van der Waals surface area contributed by atoms with Crippen molar-refractivity contribution in [2.45, 2.75) is 26.8 Å². The maximum absolute atomic E-state index is 11.7. The van der Waals surface area contributed by atoms with Gasteiger partial charge in [-0.2, -0.15) is 0 Å². The third-order valence-corrected chi connectivity index (χ3v) is 4.20. The highest BCUT2D eigenvalue weighted by Crippen LogP contribution is 2.16. The van der Waals surface area contributed by atoms with Gasteiger partial charge in [-0.25, -0.2) is 14.8 Å². The number of ether oxygens (including phenoxy) is 1. The molecule has 7 heteroatoms. The smallest absolute Gasteiger partial charge is 0.339 e. The van der Waals surface area contributed by atoms with Crippen LogP contribution in [0.1, 0.15) is 35.4 Å². The third kappa shape index (κ3) is 4.57. The molecule has 0 spiro atoms. The van der Waals surface area contributed by atoms with Gasteiger partial charge in [-0.15, -0.1) is 0 Å². The van der Waals surface area contributed by atoms with Gasteiger partial charge in [0.15, 0.2) is 0 Å². The lowest BCUT2D eigenvalue weighted by Gasteiger charge is -2.22. The minimum Gasteiger partial charge on any atom is -0.462 e. The molecule has 0 N–H and O–H groups in total. The van der Waals surface area contributed by atoms with E-state index in [2.05, 4.69) is 19.8 Å². The van der Waals surface area contributed by atoms with Gasteiger partial charge in [0.25, 0.3) is 0 Å². The number of pyridine rings is 1. The van der Waals surface area contributed by atoms with Crippen LogP contribution in [-0.4, -0.2) is 53.6 Å². The molecule has 1 aliphatic heterocycles. The number of carbonyl (C=O) groups excluding carboxylic acids is 1. The van der Waals surface area contributed by atoms with Crippen LogP contribution in [0, 0.1) is 6.92 Å². The van der Waals surface area contributed by atoms with E-state index in [0.717, 1.165) is 56.6 Å². The number of aromatic nitrogens is 2. The van der Waals surface area contributed by atoms with Crippen molar-refractivity contribution in [3.05, 3.63) is 41.7 Å².